The second-order valence-electron chi connectivity index (χ2n) is 4.33. The molecule has 0 aliphatic carbocycles. The molecule has 1 aliphatic rings. The molecule has 1 N–H and O–H groups in total. The van der Waals surface area contributed by atoms with Gasteiger partial charge >= 0.3 is 6.03 Å². The first-order chi connectivity index (χ1) is 9.11. The van der Waals surface area contributed by atoms with Gasteiger partial charge in [-0.1, -0.05) is 12.1 Å². The highest BCUT2D eigenvalue weighted by molar-refractivity contribution is 7.98. The number of benzene rings is 1. The van der Waals surface area contributed by atoms with Crippen LogP contribution in [0.3, 0.4) is 0 Å². The van der Waals surface area contributed by atoms with E-state index in [1.54, 1.807) is 23.9 Å². The molecule has 19 heavy (non-hydrogen) atoms. The van der Waals surface area contributed by atoms with Crippen molar-refractivity contribution in [1.82, 2.24) is 10.2 Å². The quantitative estimate of drug-likeness (QED) is 0.840. The monoisotopic (exact) mass is 282 g/mol. The Hall–Kier alpha value is -1.56. The van der Waals surface area contributed by atoms with E-state index in [9.17, 15) is 14.0 Å². The highest BCUT2D eigenvalue weighted by Gasteiger charge is 2.37. The summed E-state index contributed by atoms with van der Waals surface area (Å²) in [6, 6.07) is 4.98. The third-order valence-electron chi connectivity index (χ3n) is 2.97. The van der Waals surface area contributed by atoms with Crippen LogP contribution >= 0.6 is 11.8 Å². The first-order valence-electron chi connectivity index (χ1n) is 5.97. The minimum atomic E-state index is -0.430. The summed E-state index contributed by atoms with van der Waals surface area (Å²) < 4.78 is 12.8. The van der Waals surface area contributed by atoms with Gasteiger partial charge in [0.25, 0.3) is 5.91 Å². The van der Waals surface area contributed by atoms with Gasteiger partial charge in [0.2, 0.25) is 0 Å². The van der Waals surface area contributed by atoms with E-state index in [0.29, 0.717) is 6.42 Å². The molecule has 3 amide bonds. The van der Waals surface area contributed by atoms with Crippen LogP contribution in [0, 0.1) is 5.82 Å². The second kappa shape index (κ2) is 6.06. The molecule has 1 heterocycles. The standard InChI is InChI=1S/C13H15FN2O2S/c1-19-7-6-11-12(17)16(13(18)15-11)8-9-2-4-10(14)5-3-9/h2-5,11H,6-8H2,1H3,(H,15,18)/t11-/m0/s1. The summed E-state index contributed by atoms with van der Waals surface area (Å²) >= 11 is 1.63. The van der Waals surface area contributed by atoms with E-state index < -0.39 is 6.04 Å². The molecule has 4 nitrogen and oxygen atoms in total. The van der Waals surface area contributed by atoms with E-state index >= 15 is 0 Å². The number of hydrogen-bond acceptors (Lipinski definition) is 3. The van der Waals surface area contributed by atoms with E-state index in [4.69, 9.17) is 0 Å². The molecule has 2 rings (SSSR count). The van der Waals surface area contributed by atoms with E-state index in [1.807, 2.05) is 6.26 Å². The molecule has 1 aliphatic heterocycles. The summed E-state index contributed by atoms with van der Waals surface area (Å²) in [6.45, 7) is 0.181. The number of hydrogen-bond donors (Lipinski definition) is 1. The molecule has 6 heteroatoms. The fourth-order valence-corrected chi connectivity index (χ4v) is 2.40. The van der Waals surface area contributed by atoms with Gasteiger partial charge in [0.15, 0.2) is 0 Å². The van der Waals surface area contributed by atoms with Gasteiger partial charge in [-0.25, -0.2) is 9.18 Å². The lowest BCUT2D eigenvalue weighted by atomic mass is 10.2. The molecule has 1 aromatic carbocycles. The summed E-state index contributed by atoms with van der Waals surface area (Å²) in [5.74, 6) is 0.281. The topological polar surface area (TPSA) is 49.4 Å². The number of imide groups is 1. The first-order valence-corrected chi connectivity index (χ1v) is 7.36. The summed E-state index contributed by atoms with van der Waals surface area (Å²) in [6.07, 6.45) is 2.59. The Bertz CT molecular complexity index is 478. The highest BCUT2D eigenvalue weighted by atomic mass is 32.2. The summed E-state index contributed by atoms with van der Waals surface area (Å²) in [7, 11) is 0. The van der Waals surface area contributed by atoms with E-state index in [2.05, 4.69) is 5.32 Å². The number of halogens is 1. The molecule has 1 atom stereocenters. The fraction of sp³-hybridized carbons (Fsp3) is 0.385. The Kier molecular flexibility index (Phi) is 4.42. The zero-order chi connectivity index (χ0) is 13.8. The molecule has 1 fully saturated rings. The zero-order valence-electron chi connectivity index (χ0n) is 10.6. The maximum Gasteiger partial charge on any atom is 0.325 e. The molecule has 0 saturated carbocycles. The van der Waals surface area contributed by atoms with Crippen LogP contribution in [-0.2, 0) is 11.3 Å². The number of thioether (sulfide) groups is 1. The lowest BCUT2D eigenvalue weighted by Gasteiger charge is -2.12. The third kappa shape index (κ3) is 3.26. The lowest BCUT2D eigenvalue weighted by Crippen LogP contribution is -2.31. The first kappa shape index (κ1) is 13.9. The van der Waals surface area contributed by atoms with Crippen molar-refractivity contribution in [3.63, 3.8) is 0 Å². The van der Waals surface area contributed by atoms with Crippen molar-refractivity contribution < 1.29 is 14.0 Å². The van der Waals surface area contributed by atoms with Crippen LogP contribution in [0.2, 0.25) is 0 Å². The van der Waals surface area contributed by atoms with Gasteiger partial charge in [0.1, 0.15) is 11.9 Å². The minimum absolute atomic E-state index is 0.181. The number of carbonyl (C=O) groups is 2. The molecule has 0 aromatic heterocycles. The van der Waals surface area contributed by atoms with Crippen molar-refractivity contribution in [2.75, 3.05) is 12.0 Å². The normalized spacial score (nSPS) is 18.8. The van der Waals surface area contributed by atoms with Gasteiger partial charge < -0.3 is 5.32 Å². The number of amides is 3. The van der Waals surface area contributed by atoms with Crippen molar-refractivity contribution in [3.8, 4) is 0 Å². The number of nitrogens with zero attached hydrogens (tertiary/aromatic N) is 1. The van der Waals surface area contributed by atoms with Gasteiger partial charge in [-0.3, -0.25) is 9.69 Å². The highest BCUT2D eigenvalue weighted by Crippen LogP contribution is 2.15. The van der Waals surface area contributed by atoms with Crippen molar-refractivity contribution >= 4 is 23.7 Å². The van der Waals surface area contributed by atoms with Gasteiger partial charge in [-0.05, 0) is 36.1 Å². The number of nitrogens with one attached hydrogen (secondary N) is 1. The zero-order valence-corrected chi connectivity index (χ0v) is 11.4. The molecule has 0 bridgehead atoms. The molecule has 0 spiro atoms. The maximum absolute atomic E-state index is 12.8. The average Bonchev–Trinajstić information content (AvgIpc) is 2.66. The Morgan fingerprint density at radius 3 is 2.63 bits per heavy atom. The Labute approximate surface area is 115 Å². The maximum atomic E-state index is 12.8. The van der Waals surface area contributed by atoms with E-state index in [1.165, 1.54) is 17.0 Å². The average molecular weight is 282 g/mol. The van der Waals surface area contributed by atoms with Crippen LogP contribution in [0.1, 0.15) is 12.0 Å². The smallest absolute Gasteiger partial charge is 0.325 e. The Morgan fingerprint density at radius 1 is 1.32 bits per heavy atom. The molecular weight excluding hydrogens is 267 g/mol. The number of urea groups is 1. The van der Waals surface area contributed by atoms with Crippen LogP contribution in [0.4, 0.5) is 9.18 Å². The van der Waals surface area contributed by atoms with Gasteiger partial charge in [0.05, 0.1) is 6.54 Å². The van der Waals surface area contributed by atoms with Crippen LogP contribution in [0.25, 0.3) is 0 Å². The Balaban J connectivity index is 2.02. The van der Waals surface area contributed by atoms with Gasteiger partial charge in [-0.15, -0.1) is 0 Å². The molecular formula is C13H15FN2O2S. The van der Waals surface area contributed by atoms with Crippen molar-refractivity contribution in [3.05, 3.63) is 35.6 Å². The van der Waals surface area contributed by atoms with Crippen LogP contribution in [0.15, 0.2) is 24.3 Å². The SMILES string of the molecule is CSCC[C@@H]1NC(=O)N(Cc2ccc(F)cc2)C1=O. The lowest BCUT2D eigenvalue weighted by molar-refractivity contribution is -0.127. The molecule has 0 radical (unpaired) electrons. The van der Waals surface area contributed by atoms with Gasteiger partial charge in [-0.2, -0.15) is 11.8 Å². The fourth-order valence-electron chi connectivity index (χ4n) is 1.93. The van der Waals surface area contributed by atoms with E-state index in [0.717, 1.165) is 11.3 Å². The summed E-state index contributed by atoms with van der Waals surface area (Å²) in [5.41, 5.74) is 0.732. The Morgan fingerprint density at radius 2 is 2.00 bits per heavy atom. The molecule has 1 saturated heterocycles. The summed E-state index contributed by atoms with van der Waals surface area (Å²) in [4.78, 5) is 25.0. The van der Waals surface area contributed by atoms with Crippen molar-refractivity contribution in [2.24, 2.45) is 0 Å². The van der Waals surface area contributed by atoms with Crippen molar-refractivity contribution in [1.29, 1.82) is 0 Å². The van der Waals surface area contributed by atoms with Crippen LogP contribution in [-0.4, -0.2) is 34.9 Å². The van der Waals surface area contributed by atoms with Crippen LogP contribution in [0.5, 0.6) is 0 Å². The molecule has 0 unspecified atom stereocenters. The van der Waals surface area contributed by atoms with Crippen LogP contribution < -0.4 is 5.32 Å². The van der Waals surface area contributed by atoms with Crippen molar-refractivity contribution in [2.45, 2.75) is 19.0 Å². The molecule has 102 valence electrons. The number of carbonyl (C=O) groups excluding carboxylic acids is 2. The predicted octanol–water partition coefficient (Wildman–Crippen LogP) is 2.00. The second-order valence-corrected chi connectivity index (χ2v) is 5.32. The number of rotatable bonds is 5. The molecule has 1 aromatic rings. The largest absolute Gasteiger partial charge is 0.326 e. The van der Waals surface area contributed by atoms with Gasteiger partial charge in [0, 0.05) is 0 Å². The summed E-state index contributed by atoms with van der Waals surface area (Å²) in [5, 5.41) is 2.67. The minimum Gasteiger partial charge on any atom is -0.326 e. The predicted molar refractivity (Wildman–Crippen MR) is 72.3 cm³/mol. The van der Waals surface area contributed by atoms with E-state index in [-0.39, 0.29) is 24.3 Å². The third-order valence-corrected chi connectivity index (χ3v) is 3.62.